The number of hydrogen-bond acceptors (Lipinski definition) is 4. The van der Waals surface area contributed by atoms with Crippen molar-refractivity contribution in [3.05, 3.63) is 96.5 Å². The Hall–Kier alpha value is -1.22. The molecule has 0 amide bonds. The molecule has 0 aliphatic rings. The van der Waals surface area contributed by atoms with E-state index in [0.29, 0.717) is 11.8 Å². The van der Waals surface area contributed by atoms with E-state index >= 15 is 0 Å². The van der Waals surface area contributed by atoms with Crippen LogP contribution in [-0.4, -0.2) is 25.2 Å². The summed E-state index contributed by atoms with van der Waals surface area (Å²) in [6.07, 6.45) is 0. The van der Waals surface area contributed by atoms with Gasteiger partial charge in [0, 0.05) is 0 Å². The molecule has 0 fully saturated rings. The van der Waals surface area contributed by atoms with Gasteiger partial charge in [-0.25, -0.2) is 0 Å². The molecule has 2 aromatic rings. The Morgan fingerprint density at radius 3 is 0.927 bits per heavy atom. The second kappa shape index (κ2) is 30.2. The Bertz CT molecular complexity index is 782. The van der Waals surface area contributed by atoms with Gasteiger partial charge in [-0.15, -0.1) is 0 Å². The third kappa shape index (κ3) is 38.8. The number of rotatable bonds is 4. The molecular formula is C32H59ClN6Ru2. The number of benzene rings is 2. The molecule has 2 aromatic carbocycles. The minimum atomic E-state index is -0.0838. The monoisotopic (exact) mass is 766 g/mol. The quantitative estimate of drug-likeness (QED) is 0.129. The molecule has 41 heavy (non-hydrogen) atoms. The summed E-state index contributed by atoms with van der Waals surface area (Å²) >= 11 is 1.82. The first-order chi connectivity index (χ1) is 17.5. The third-order valence-electron chi connectivity index (χ3n) is 4.36. The first-order valence-corrected chi connectivity index (χ1v) is 15.0. The van der Waals surface area contributed by atoms with E-state index in [2.05, 4.69) is 131 Å². The summed E-state index contributed by atoms with van der Waals surface area (Å²) in [5.74, 6) is 1.31. The maximum absolute atomic E-state index is 4.57. The van der Waals surface area contributed by atoms with Gasteiger partial charge in [-0.3, -0.25) is 10.4 Å². The van der Waals surface area contributed by atoms with Gasteiger partial charge in [0.2, 0.25) is 0 Å². The van der Waals surface area contributed by atoms with Crippen LogP contribution in [0.1, 0.15) is 103 Å². The van der Waals surface area contributed by atoms with Crippen molar-refractivity contribution in [3.63, 3.8) is 0 Å². The second-order valence-electron chi connectivity index (χ2n) is 11.3. The SMILES string of the molecule is C[N-]N=NC(C)(C)C.C[N-]N=NC(C)(C)C.Cc1ccc(C(C)C)cc1.Cc1ccc(C(C)C)cc1.[CH3-].[CH3-].[Cl][Ru+2].[RuH+2]. The summed E-state index contributed by atoms with van der Waals surface area (Å²) in [4.78, 5) is 0. The molecule has 0 aliphatic heterocycles. The van der Waals surface area contributed by atoms with Gasteiger partial charge in [0.25, 0.3) is 0 Å². The molecule has 0 aliphatic carbocycles. The number of nitrogens with zero attached hydrogens (tertiary/aromatic N) is 6. The van der Waals surface area contributed by atoms with Gasteiger partial charge < -0.3 is 35.9 Å². The Labute approximate surface area is 282 Å². The zero-order valence-corrected chi connectivity index (χ0v) is 32.9. The van der Waals surface area contributed by atoms with Crippen molar-refractivity contribution in [2.75, 3.05) is 14.1 Å². The van der Waals surface area contributed by atoms with E-state index in [9.17, 15) is 0 Å². The van der Waals surface area contributed by atoms with Crippen molar-refractivity contribution < 1.29 is 36.8 Å². The molecule has 0 heterocycles. The van der Waals surface area contributed by atoms with Gasteiger partial charge in [0.1, 0.15) is 0 Å². The van der Waals surface area contributed by atoms with Crippen LogP contribution in [0.2, 0.25) is 0 Å². The molecule has 0 aromatic heterocycles. The molecule has 6 nitrogen and oxygen atoms in total. The molecule has 9 heteroatoms. The Morgan fingerprint density at radius 2 is 0.805 bits per heavy atom. The van der Waals surface area contributed by atoms with E-state index in [4.69, 9.17) is 0 Å². The van der Waals surface area contributed by atoms with Crippen molar-refractivity contribution in [2.24, 2.45) is 20.7 Å². The predicted molar refractivity (Wildman–Crippen MR) is 178 cm³/mol. The summed E-state index contributed by atoms with van der Waals surface area (Å²) in [6, 6.07) is 17.4. The van der Waals surface area contributed by atoms with Crippen molar-refractivity contribution in [1.29, 1.82) is 0 Å². The average molecular weight is 765 g/mol. The van der Waals surface area contributed by atoms with Crippen molar-refractivity contribution in [2.45, 2.75) is 106 Å². The molecule has 0 spiro atoms. The summed E-state index contributed by atoms with van der Waals surface area (Å²) in [5, 5.41) is 14.7. The van der Waals surface area contributed by atoms with E-state index in [1.807, 2.05) is 58.9 Å². The first-order valence-electron chi connectivity index (χ1n) is 12.8. The summed E-state index contributed by atoms with van der Waals surface area (Å²) < 4.78 is 0. The fraction of sp³-hybridized carbons (Fsp3) is 0.562. The topological polar surface area (TPSA) is 77.6 Å². The molecular weight excluding hydrogens is 706 g/mol. The van der Waals surface area contributed by atoms with Crippen LogP contribution in [0.4, 0.5) is 0 Å². The zero-order chi connectivity index (χ0) is 30.4. The van der Waals surface area contributed by atoms with Gasteiger partial charge in [0.15, 0.2) is 0 Å². The Balaban J connectivity index is -0.0000000958. The van der Waals surface area contributed by atoms with Gasteiger partial charge >= 0.3 is 46.5 Å². The fourth-order valence-electron chi connectivity index (χ4n) is 2.26. The van der Waals surface area contributed by atoms with E-state index < -0.39 is 0 Å². The van der Waals surface area contributed by atoms with Crippen LogP contribution in [0.5, 0.6) is 0 Å². The molecule has 0 bridgehead atoms. The van der Waals surface area contributed by atoms with E-state index in [1.165, 1.54) is 22.3 Å². The summed E-state index contributed by atoms with van der Waals surface area (Å²) in [6.45, 7) is 24.9. The van der Waals surface area contributed by atoms with E-state index in [-0.39, 0.29) is 45.4 Å². The zero-order valence-electron chi connectivity index (χ0n) is 28.6. The molecule has 240 valence electrons. The van der Waals surface area contributed by atoms with Gasteiger partial charge in [-0.05, 0) is 62.0 Å². The van der Waals surface area contributed by atoms with Crippen LogP contribution < -0.4 is 0 Å². The molecule has 0 saturated carbocycles. The maximum atomic E-state index is 4.57. The number of aryl methyl sites for hydroxylation is 2. The van der Waals surface area contributed by atoms with E-state index in [1.54, 1.807) is 14.1 Å². The molecule has 0 N–H and O–H groups in total. The van der Waals surface area contributed by atoms with Crippen LogP contribution >= 0.6 is 9.69 Å². The van der Waals surface area contributed by atoms with Gasteiger partial charge in [-0.2, -0.15) is 0 Å². The number of halogens is 1. The summed E-state index contributed by atoms with van der Waals surface area (Å²) in [7, 11) is 7.78. The second-order valence-corrected chi connectivity index (χ2v) is 11.3. The predicted octanol–water partition coefficient (Wildman–Crippen LogP) is 11.9. The standard InChI is InChI=1S/2C10H14.2C5H12N3.2CH3.ClH.2Ru.H/c2*1-8(2)10-6-4-9(3)5-7-10;2*1-5(2,3)7-8-6-4;;;;;;/h2*4-8H,1-3H3;2*1-4H3;2*1H3;1H;;;/q;;4*-1;;+2;+3;/p-1. The summed E-state index contributed by atoms with van der Waals surface area (Å²) in [5.41, 5.74) is 12.3. The van der Waals surface area contributed by atoms with Crippen molar-refractivity contribution in [3.8, 4) is 0 Å². The first kappa shape index (κ1) is 52.4. The van der Waals surface area contributed by atoms with Crippen LogP contribution in [0, 0.1) is 28.7 Å². The molecule has 0 saturated heterocycles. The normalized spacial score (nSPS) is 10.1. The molecule has 0 radical (unpaired) electrons. The van der Waals surface area contributed by atoms with Crippen molar-refractivity contribution >= 4 is 9.69 Å². The van der Waals surface area contributed by atoms with Crippen LogP contribution in [-0.2, 0) is 36.8 Å². The van der Waals surface area contributed by atoms with Crippen LogP contribution in [0.25, 0.3) is 10.9 Å². The van der Waals surface area contributed by atoms with Gasteiger partial charge in [-0.1, -0.05) is 129 Å². The molecule has 0 atom stereocenters. The Morgan fingerprint density at radius 1 is 0.585 bits per heavy atom. The van der Waals surface area contributed by atoms with E-state index in [0.717, 1.165) is 0 Å². The van der Waals surface area contributed by atoms with Crippen LogP contribution in [0.3, 0.4) is 0 Å². The third-order valence-corrected chi connectivity index (χ3v) is 4.36. The molecule has 2 rings (SSSR count). The fourth-order valence-corrected chi connectivity index (χ4v) is 2.26. The van der Waals surface area contributed by atoms with Crippen molar-refractivity contribution in [1.82, 2.24) is 0 Å². The molecule has 0 unspecified atom stereocenters. The average Bonchev–Trinajstić information content (AvgIpc) is 2.83. The minimum absolute atomic E-state index is 0. The van der Waals surface area contributed by atoms with Crippen LogP contribution in [0.15, 0.2) is 69.2 Å². The van der Waals surface area contributed by atoms with Gasteiger partial charge in [0.05, 0.1) is 0 Å². The Kier molecular flexibility index (Phi) is 38.7. The number of hydrogen-bond donors (Lipinski definition) is 0.